The molecular weight excluding hydrogens is 322 g/mol. The number of thiophene rings is 1. The van der Waals surface area contributed by atoms with Crippen molar-refractivity contribution >= 4 is 17.2 Å². The van der Waals surface area contributed by atoms with Gasteiger partial charge in [-0.25, -0.2) is 0 Å². The number of likely N-dealkylation sites (tertiary alicyclic amines) is 1. The molecule has 4 rings (SSSR count). The molecule has 6 heteroatoms. The first-order chi connectivity index (χ1) is 11.7. The molecular formula is C18H23N3O2S. The van der Waals surface area contributed by atoms with Gasteiger partial charge in [-0.2, -0.15) is 5.10 Å². The molecule has 0 radical (unpaired) electrons. The Kier molecular flexibility index (Phi) is 4.41. The number of hydrogen-bond donors (Lipinski definition) is 0. The van der Waals surface area contributed by atoms with E-state index < -0.39 is 0 Å². The second-order valence-corrected chi connectivity index (χ2v) is 7.74. The zero-order valence-corrected chi connectivity index (χ0v) is 14.8. The Labute approximate surface area is 146 Å². The number of carbonyl (C=O) groups is 1. The minimum atomic E-state index is -0.0688. The fourth-order valence-corrected chi connectivity index (χ4v) is 4.72. The maximum atomic E-state index is 12.9. The molecule has 0 aromatic carbocycles. The number of hydrogen-bond acceptors (Lipinski definition) is 4. The van der Waals surface area contributed by atoms with Crippen LogP contribution >= 0.6 is 11.3 Å². The average Bonchev–Trinajstić information content (AvgIpc) is 3.29. The summed E-state index contributed by atoms with van der Waals surface area (Å²) in [7, 11) is 0. The van der Waals surface area contributed by atoms with Gasteiger partial charge in [-0.15, -0.1) is 11.3 Å². The van der Waals surface area contributed by atoms with E-state index in [0.29, 0.717) is 6.42 Å². The number of amides is 1. The maximum Gasteiger partial charge on any atom is 0.225 e. The van der Waals surface area contributed by atoms with E-state index in [9.17, 15) is 4.79 Å². The van der Waals surface area contributed by atoms with Crippen molar-refractivity contribution in [1.29, 1.82) is 0 Å². The first kappa shape index (κ1) is 15.8. The van der Waals surface area contributed by atoms with Crippen molar-refractivity contribution in [2.75, 3.05) is 13.2 Å². The fraction of sp³-hybridized carbons (Fsp3) is 0.556. The zero-order chi connectivity index (χ0) is 16.5. The van der Waals surface area contributed by atoms with Gasteiger partial charge in [-0.05, 0) is 42.3 Å². The van der Waals surface area contributed by atoms with Crippen LogP contribution in [0.5, 0.6) is 0 Å². The van der Waals surface area contributed by atoms with Crippen molar-refractivity contribution < 1.29 is 9.53 Å². The van der Waals surface area contributed by atoms with Gasteiger partial charge in [0, 0.05) is 24.0 Å². The van der Waals surface area contributed by atoms with E-state index in [1.807, 2.05) is 28.9 Å². The van der Waals surface area contributed by atoms with Gasteiger partial charge >= 0.3 is 0 Å². The molecule has 1 amide bonds. The first-order valence-electron chi connectivity index (χ1n) is 8.67. The summed E-state index contributed by atoms with van der Waals surface area (Å²) in [6, 6.07) is 2.37. The Bertz CT molecular complexity index is 723. The topological polar surface area (TPSA) is 47.4 Å². The lowest BCUT2D eigenvalue weighted by Crippen LogP contribution is -2.39. The highest BCUT2D eigenvalue weighted by Crippen LogP contribution is 2.34. The molecule has 2 aromatic heterocycles. The fourth-order valence-electron chi connectivity index (χ4n) is 3.81. The monoisotopic (exact) mass is 345 g/mol. The molecule has 24 heavy (non-hydrogen) atoms. The second-order valence-electron chi connectivity index (χ2n) is 6.74. The van der Waals surface area contributed by atoms with Gasteiger partial charge in [0.15, 0.2) is 0 Å². The largest absolute Gasteiger partial charge is 0.373 e. The van der Waals surface area contributed by atoms with Crippen LogP contribution in [-0.2, 0) is 22.5 Å². The molecule has 0 saturated carbocycles. The number of aryl methyl sites for hydroxylation is 1. The standard InChI is InChI=1S/C18H23N3O2S/c1-13-10-19-20(11-13)12-14-3-2-6-21(14)18(22)9-16-15-5-8-24-17(15)4-7-23-16/h5,8,10-11,14,16H,2-4,6-7,9,12H2,1H3/t14-,16-/m1/s1. The molecule has 0 spiro atoms. The highest BCUT2D eigenvalue weighted by atomic mass is 32.1. The van der Waals surface area contributed by atoms with E-state index in [4.69, 9.17) is 4.74 Å². The molecule has 5 nitrogen and oxygen atoms in total. The molecule has 1 fully saturated rings. The minimum absolute atomic E-state index is 0.0688. The molecule has 0 bridgehead atoms. The lowest BCUT2D eigenvalue weighted by Gasteiger charge is -2.28. The summed E-state index contributed by atoms with van der Waals surface area (Å²) in [4.78, 5) is 16.3. The summed E-state index contributed by atoms with van der Waals surface area (Å²) >= 11 is 1.78. The lowest BCUT2D eigenvalue weighted by molar-refractivity contribution is -0.135. The summed E-state index contributed by atoms with van der Waals surface area (Å²) in [6.45, 7) is 4.41. The lowest BCUT2D eigenvalue weighted by atomic mass is 10.0. The minimum Gasteiger partial charge on any atom is -0.373 e. The van der Waals surface area contributed by atoms with Crippen LogP contribution < -0.4 is 0 Å². The van der Waals surface area contributed by atoms with E-state index in [0.717, 1.165) is 44.5 Å². The van der Waals surface area contributed by atoms with Crippen LogP contribution in [0.4, 0.5) is 0 Å². The predicted molar refractivity (Wildman–Crippen MR) is 93.0 cm³/mol. The van der Waals surface area contributed by atoms with Crippen molar-refractivity contribution in [3.63, 3.8) is 0 Å². The molecule has 0 unspecified atom stereocenters. The van der Waals surface area contributed by atoms with Crippen LogP contribution in [-0.4, -0.2) is 39.8 Å². The Balaban J connectivity index is 1.42. The van der Waals surface area contributed by atoms with Gasteiger partial charge in [-0.3, -0.25) is 9.48 Å². The van der Waals surface area contributed by atoms with Gasteiger partial charge in [0.25, 0.3) is 0 Å². The van der Waals surface area contributed by atoms with Crippen LogP contribution in [0.15, 0.2) is 23.8 Å². The summed E-state index contributed by atoms with van der Waals surface area (Å²) in [5, 5.41) is 6.47. The Hall–Kier alpha value is -1.66. The zero-order valence-electron chi connectivity index (χ0n) is 14.0. The molecule has 0 N–H and O–H groups in total. The molecule has 2 atom stereocenters. The Morgan fingerprint density at radius 3 is 3.25 bits per heavy atom. The first-order valence-corrected chi connectivity index (χ1v) is 9.55. The van der Waals surface area contributed by atoms with Crippen molar-refractivity contribution in [2.45, 2.75) is 51.3 Å². The number of rotatable bonds is 4. The second kappa shape index (κ2) is 6.69. The number of fused-ring (bicyclic) bond motifs is 1. The van der Waals surface area contributed by atoms with Crippen LogP contribution in [0.1, 0.15) is 41.4 Å². The summed E-state index contributed by atoms with van der Waals surface area (Å²) < 4.78 is 7.85. The normalized spacial score (nSPS) is 23.5. The number of carbonyl (C=O) groups excluding carboxylic acids is 1. The molecule has 2 aromatic rings. The van der Waals surface area contributed by atoms with Gasteiger partial charge in [-0.1, -0.05) is 0 Å². The van der Waals surface area contributed by atoms with Crippen LogP contribution in [0.25, 0.3) is 0 Å². The van der Waals surface area contributed by atoms with Gasteiger partial charge < -0.3 is 9.64 Å². The van der Waals surface area contributed by atoms with Crippen LogP contribution in [0.3, 0.4) is 0 Å². The maximum absolute atomic E-state index is 12.9. The molecule has 2 aliphatic rings. The van der Waals surface area contributed by atoms with E-state index in [2.05, 4.69) is 16.5 Å². The van der Waals surface area contributed by atoms with Crippen LogP contribution in [0.2, 0.25) is 0 Å². The average molecular weight is 345 g/mol. The molecule has 0 aliphatic carbocycles. The molecule has 4 heterocycles. The summed E-state index contributed by atoms with van der Waals surface area (Å²) in [5.41, 5.74) is 2.38. The van der Waals surface area contributed by atoms with E-state index in [1.54, 1.807) is 11.3 Å². The molecule has 1 saturated heterocycles. The Morgan fingerprint density at radius 1 is 1.50 bits per heavy atom. The van der Waals surface area contributed by atoms with Crippen molar-refractivity contribution in [2.24, 2.45) is 0 Å². The van der Waals surface area contributed by atoms with E-state index >= 15 is 0 Å². The highest BCUT2D eigenvalue weighted by molar-refractivity contribution is 7.10. The van der Waals surface area contributed by atoms with Crippen molar-refractivity contribution in [1.82, 2.24) is 14.7 Å². The smallest absolute Gasteiger partial charge is 0.225 e. The summed E-state index contributed by atoms with van der Waals surface area (Å²) in [6.07, 6.45) is 7.41. The molecule has 2 aliphatic heterocycles. The van der Waals surface area contributed by atoms with Gasteiger partial charge in [0.1, 0.15) is 0 Å². The van der Waals surface area contributed by atoms with Crippen molar-refractivity contribution in [3.05, 3.63) is 39.8 Å². The van der Waals surface area contributed by atoms with Gasteiger partial charge in [0.2, 0.25) is 5.91 Å². The van der Waals surface area contributed by atoms with Gasteiger partial charge in [0.05, 0.1) is 37.9 Å². The van der Waals surface area contributed by atoms with E-state index in [-0.39, 0.29) is 18.1 Å². The predicted octanol–water partition coefficient (Wildman–Crippen LogP) is 2.95. The highest BCUT2D eigenvalue weighted by Gasteiger charge is 2.32. The third-order valence-corrected chi connectivity index (χ3v) is 5.99. The van der Waals surface area contributed by atoms with Crippen molar-refractivity contribution in [3.8, 4) is 0 Å². The quantitative estimate of drug-likeness (QED) is 0.856. The van der Waals surface area contributed by atoms with E-state index in [1.165, 1.54) is 10.4 Å². The SMILES string of the molecule is Cc1cnn(C[C@H]2CCCN2C(=O)C[C@H]2OCCc3sccc32)c1. The van der Waals surface area contributed by atoms with Crippen LogP contribution in [0, 0.1) is 6.92 Å². The third kappa shape index (κ3) is 3.13. The number of nitrogens with zero attached hydrogens (tertiary/aromatic N) is 3. The Morgan fingerprint density at radius 2 is 2.42 bits per heavy atom. The number of ether oxygens (including phenoxy) is 1. The molecule has 128 valence electrons. The summed E-state index contributed by atoms with van der Waals surface area (Å²) in [5.74, 6) is 0.213. The number of aromatic nitrogens is 2. The third-order valence-electron chi connectivity index (χ3n) is 4.99.